The number of alkyl halides is 3. The molecule has 0 N–H and O–H groups in total. The fourth-order valence-electron chi connectivity index (χ4n) is 4.50. The van der Waals surface area contributed by atoms with E-state index in [1.165, 1.54) is 18.3 Å². The monoisotopic (exact) mass is 550 g/mol. The molecule has 6 nitrogen and oxygen atoms in total. The van der Waals surface area contributed by atoms with Crippen LogP contribution >= 0.6 is 11.6 Å². The maximum Gasteiger partial charge on any atom is 0.416 e. The van der Waals surface area contributed by atoms with Gasteiger partial charge in [-0.05, 0) is 62.4 Å². The lowest BCUT2D eigenvalue weighted by molar-refractivity contribution is -0.137. The molecule has 0 unspecified atom stereocenters. The van der Waals surface area contributed by atoms with E-state index in [0.717, 1.165) is 33.9 Å². The molecule has 2 heterocycles. The molecule has 2 aromatic heterocycles. The van der Waals surface area contributed by atoms with Gasteiger partial charge in [-0.25, -0.2) is 4.98 Å². The van der Waals surface area contributed by atoms with Crippen molar-refractivity contribution in [1.29, 1.82) is 0 Å². The predicted molar refractivity (Wildman–Crippen MR) is 146 cm³/mol. The molecule has 0 aliphatic heterocycles. The summed E-state index contributed by atoms with van der Waals surface area (Å²) in [5.41, 5.74) is 2.17. The first-order chi connectivity index (χ1) is 18.6. The van der Waals surface area contributed by atoms with Gasteiger partial charge in [-0.1, -0.05) is 35.9 Å². The minimum Gasteiger partial charge on any atom is -0.495 e. The Morgan fingerprint density at radius 1 is 1.00 bits per heavy atom. The Bertz CT molecular complexity index is 1810. The first-order valence-electron chi connectivity index (χ1n) is 11.8. The van der Waals surface area contributed by atoms with Gasteiger partial charge in [0.15, 0.2) is 5.82 Å². The van der Waals surface area contributed by atoms with Crippen LogP contribution < -0.4 is 10.3 Å². The van der Waals surface area contributed by atoms with Gasteiger partial charge in [-0.2, -0.15) is 22.9 Å². The number of para-hydroxylation sites is 1. The predicted octanol–water partition coefficient (Wildman–Crippen LogP) is 7.03. The summed E-state index contributed by atoms with van der Waals surface area (Å²) >= 11 is 6.25. The highest BCUT2D eigenvalue weighted by Gasteiger charge is 2.31. The third-order valence-electron chi connectivity index (χ3n) is 6.37. The Kier molecular flexibility index (Phi) is 6.78. The van der Waals surface area contributed by atoms with Gasteiger partial charge >= 0.3 is 6.18 Å². The van der Waals surface area contributed by atoms with Gasteiger partial charge in [0.2, 0.25) is 0 Å². The highest BCUT2D eigenvalue weighted by atomic mass is 35.5. The second-order valence-corrected chi connectivity index (χ2v) is 9.31. The number of methoxy groups -OCH3 is 1. The van der Waals surface area contributed by atoms with E-state index >= 15 is 0 Å². The van der Waals surface area contributed by atoms with E-state index in [2.05, 4.69) is 10.1 Å². The molecule has 5 aromatic rings. The minimum atomic E-state index is -4.56. The molecule has 0 atom stereocenters. The van der Waals surface area contributed by atoms with Gasteiger partial charge in [0, 0.05) is 27.5 Å². The summed E-state index contributed by atoms with van der Waals surface area (Å²) in [6, 6.07) is 18.5. The lowest BCUT2D eigenvalue weighted by atomic mass is 10.1. The van der Waals surface area contributed by atoms with Gasteiger partial charge in [-0.15, -0.1) is 0 Å². The van der Waals surface area contributed by atoms with E-state index in [1.54, 1.807) is 49.6 Å². The molecule has 0 aliphatic carbocycles. The Balaban J connectivity index is 1.68. The Hall–Kier alpha value is -4.37. The van der Waals surface area contributed by atoms with Crippen LogP contribution in [0.3, 0.4) is 0 Å². The second-order valence-electron chi connectivity index (χ2n) is 8.87. The summed E-state index contributed by atoms with van der Waals surface area (Å²) in [6.07, 6.45) is -3.06. The van der Waals surface area contributed by atoms with E-state index in [4.69, 9.17) is 16.3 Å². The topological polar surface area (TPSA) is 61.4 Å². The molecule has 198 valence electrons. The summed E-state index contributed by atoms with van der Waals surface area (Å²) in [7, 11) is 1.57. The highest BCUT2D eigenvalue weighted by Crippen LogP contribution is 2.32. The zero-order valence-electron chi connectivity index (χ0n) is 21.1. The number of hydrogen-bond donors (Lipinski definition) is 0. The van der Waals surface area contributed by atoms with Gasteiger partial charge in [0.05, 0.1) is 35.5 Å². The van der Waals surface area contributed by atoms with Gasteiger partial charge in [-0.3, -0.25) is 4.79 Å². The molecule has 0 amide bonds. The molecule has 0 fully saturated rings. The standard InChI is InChI=1S/C29H22ClF3N4O2/c1-17-13-20(18(2)36(17)25-15-22(30)11-12-26(25)39-3)16-34-37-27(19-7-6-8-21(14-19)29(31,32)33)35-24-10-5-4-9-23(24)28(37)38/h4-16H,1-3H3. The Labute approximate surface area is 226 Å². The number of ether oxygens (including phenoxy) is 1. The van der Waals surface area contributed by atoms with Crippen LogP contribution in [0.5, 0.6) is 5.75 Å². The van der Waals surface area contributed by atoms with Crippen LogP contribution in [0, 0.1) is 13.8 Å². The van der Waals surface area contributed by atoms with Crippen LogP contribution in [0.2, 0.25) is 5.02 Å². The molecule has 5 rings (SSSR count). The molecule has 3 aromatic carbocycles. The summed E-state index contributed by atoms with van der Waals surface area (Å²) < 4.78 is 48.8. The van der Waals surface area contributed by atoms with E-state index in [9.17, 15) is 18.0 Å². The number of fused-ring (bicyclic) bond motifs is 1. The van der Waals surface area contributed by atoms with Crippen molar-refractivity contribution in [2.75, 3.05) is 7.11 Å². The van der Waals surface area contributed by atoms with E-state index in [1.807, 2.05) is 24.5 Å². The third-order valence-corrected chi connectivity index (χ3v) is 6.60. The van der Waals surface area contributed by atoms with Crippen molar-refractivity contribution < 1.29 is 17.9 Å². The molecule has 0 bridgehead atoms. The smallest absolute Gasteiger partial charge is 0.416 e. The summed E-state index contributed by atoms with van der Waals surface area (Å²) in [5, 5.41) is 5.25. The van der Waals surface area contributed by atoms with Crippen molar-refractivity contribution in [3.8, 4) is 22.8 Å². The molecule has 39 heavy (non-hydrogen) atoms. The lowest BCUT2D eigenvalue weighted by Gasteiger charge is -2.14. The van der Waals surface area contributed by atoms with E-state index < -0.39 is 17.3 Å². The average molecular weight is 551 g/mol. The van der Waals surface area contributed by atoms with Crippen molar-refractivity contribution in [3.05, 3.63) is 111 Å². The zero-order chi connectivity index (χ0) is 27.9. The normalized spacial score (nSPS) is 12.0. The van der Waals surface area contributed by atoms with Gasteiger partial charge < -0.3 is 9.30 Å². The zero-order valence-corrected chi connectivity index (χ0v) is 21.9. The maximum atomic E-state index is 13.5. The SMILES string of the molecule is COc1ccc(Cl)cc1-n1c(C)cc(C=Nn2c(-c3cccc(C(F)(F)F)c3)nc3ccccc3c2=O)c1C. The van der Waals surface area contributed by atoms with E-state index in [0.29, 0.717) is 27.2 Å². The Morgan fingerprint density at radius 2 is 1.77 bits per heavy atom. The lowest BCUT2D eigenvalue weighted by Crippen LogP contribution is -2.20. The van der Waals surface area contributed by atoms with Crippen LogP contribution in [-0.4, -0.2) is 27.6 Å². The average Bonchev–Trinajstić information content (AvgIpc) is 3.20. The number of aryl methyl sites for hydroxylation is 1. The number of nitrogens with zero attached hydrogens (tertiary/aromatic N) is 4. The highest BCUT2D eigenvalue weighted by molar-refractivity contribution is 6.30. The van der Waals surface area contributed by atoms with Crippen LogP contribution in [0.4, 0.5) is 13.2 Å². The van der Waals surface area contributed by atoms with Crippen molar-refractivity contribution in [3.63, 3.8) is 0 Å². The first kappa shape index (κ1) is 26.2. The summed E-state index contributed by atoms with van der Waals surface area (Å²) in [5.74, 6) is 0.609. The molecule has 0 saturated heterocycles. The number of aromatic nitrogens is 3. The molecule has 0 spiro atoms. The number of benzene rings is 3. The fourth-order valence-corrected chi connectivity index (χ4v) is 4.67. The van der Waals surface area contributed by atoms with Crippen LogP contribution in [0.1, 0.15) is 22.5 Å². The first-order valence-corrected chi connectivity index (χ1v) is 12.2. The van der Waals surface area contributed by atoms with Crippen LogP contribution in [0.25, 0.3) is 28.0 Å². The third kappa shape index (κ3) is 4.93. The largest absolute Gasteiger partial charge is 0.495 e. The quantitative estimate of drug-likeness (QED) is 0.221. The maximum absolute atomic E-state index is 13.5. The Morgan fingerprint density at radius 3 is 2.51 bits per heavy atom. The van der Waals surface area contributed by atoms with Crippen LogP contribution in [-0.2, 0) is 6.18 Å². The molecule has 0 aliphatic rings. The van der Waals surface area contributed by atoms with E-state index in [-0.39, 0.29) is 11.4 Å². The molecular weight excluding hydrogens is 529 g/mol. The summed E-state index contributed by atoms with van der Waals surface area (Å²) in [6.45, 7) is 3.78. The van der Waals surface area contributed by atoms with Gasteiger partial charge in [0.1, 0.15) is 5.75 Å². The van der Waals surface area contributed by atoms with Crippen molar-refractivity contribution in [1.82, 2.24) is 14.2 Å². The molecule has 10 heteroatoms. The summed E-state index contributed by atoms with van der Waals surface area (Å²) in [4.78, 5) is 18.0. The molecule has 0 saturated carbocycles. The number of rotatable bonds is 5. The molecular formula is C29H22ClF3N4O2. The number of halogens is 4. The minimum absolute atomic E-state index is 0.00799. The number of hydrogen-bond acceptors (Lipinski definition) is 4. The molecule has 0 radical (unpaired) electrons. The van der Waals surface area contributed by atoms with Crippen molar-refractivity contribution >= 4 is 28.7 Å². The van der Waals surface area contributed by atoms with Gasteiger partial charge in [0.25, 0.3) is 5.56 Å². The van der Waals surface area contributed by atoms with Crippen LogP contribution in [0.15, 0.2) is 82.7 Å². The van der Waals surface area contributed by atoms with Crippen molar-refractivity contribution in [2.45, 2.75) is 20.0 Å². The second kappa shape index (κ2) is 10.1. The fraction of sp³-hybridized carbons (Fsp3) is 0.138. The van der Waals surface area contributed by atoms with Crippen molar-refractivity contribution in [2.24, 2.45) is 5.10 Å².